The van der Waals surface area contributed by atoms with E-state index in [1.54, 1.807) is 12.0 Å². The zero-order valence-corrected chi connectivity index (χ0v) is 15.5. The first-order chi connectivity index (χ1) is 12.7. The molecule has 0 N–H and O–H groups in total. The van der Waals surface area contributed by atoms with Crippen LogP contribution in [0.3, 0.4) is 0 Å². The van der Waals surface area contributed by atoms with Crippen LogP contribution >= 0.6 is 0 Å². The van der Waals surface area contributed by atoms with Crippen LogP contribution < -0.4 is 4.74 Å². The molecule has 1 aliphatic heterocycles. The monoisotopic (exact) mass is 354 g/mol. The number of ether oxygens (including phenoxy) is 2. The van der Waals surface area contributed by atoms with Crippen LogP contribution in [0.4, 0.5) is 0 Å². The number of para-hydroxylation sites is 1. The van der Waals surface area contributed by atoms with Gasteiger partial charge in [0, 0.05) is 44.4 Å². The number of hydrogen-bond acceptors (Lipinski definition) is 4. The molecule has 0 spiro atoms. The average Bonchev–Trinajstić information content (AvgIpc) is 2.69. The highest BCUT2D eigenvalue weighted by atomic mass is 16.5. The summed E-state index contributed by atoms with van der Waals surface area (Å²) in [4.78, 5) is 16.9. The Hall–Kier alpha value is -2.37. The molecule has 0 bridgehead atoms. The maximum atomic E-state index is 12.8. The van der Waals surface area contributed by atoms with E-state index in [9.17, 15) is 4.79 Å². The lowest BCUT2D eigenvalue weighted by Gasteiger charge is -2.26. The third-order valence-electron chi connectivity index (χ3n) is 4.63. The molecule has 1 saturated heterocycles. The highest BCUT2D eigenvalue weighted by Gasteiger charge is 2.16. The fourth-order valence-electron chi connectivity index (χ4n) is 3.20. The Morgan fingerprint density at radius 3 is 2.69 bits per heavy atom. The van der Waals surface area contributed by atoms with Gasteiger partial charge in [-0.3, -0.25) is 9.69 Å². The van der Waals surface area contributed by atoms with Gasteiger partial charge in [-0.15, -0.1) is 0 Å². The molecule has 2 aromatic carbocycles. The smallest absolute Gasteiger partial charge is 0.253 e. The molecule has 1 fully saturated rings. The molecule has 2 aromatic rings. The Balaban J connectivity index is 1.67. The van der Waals surface area contributed by atoms with E-state index in [1.807, 2.05) is 49.5 Å². The van der Waals surface area contributed by atoms with Gasteiger partial charge in [0.1, 0.15) is 5.75 Å². The molecule has 0 saturated carbocycles. The number of carbonyl (C=O) groups excluding carboxylic acids is 1. The molecule has 0 aliphatic carbocycles. The minimum absolute atomic E-state index is 0.0136. The standard InChI is InChI=1S/C21H26N2O3/c1-22(16-19-7-3-4-9-20(19)25-2)21(24)18-8-5-6-17(14-18)15-23-10-12-26-13-11-23/h3-9,14H,10-13,15-16H2,1-2H3. The normalized spacial score (nSPS) is 14.8. The summed E-state index contributed by atoms with van der Waals surface area (Å²) in [6, 6.07) is 15.7. The van der Waals surface area contributed by atoms with E-state index < -0.39 is 0 Å². The van der Waals surface area contributed by atoms with Gasteiger partial charge in [0.25, 0.3) is 5.91 Å². The zero-order chi connectivity index (χ0) is 18.4. The van der Waals surface area contributed by atoms with Crippen LogP contribution in [-0.4, -0.2) is 56.2 Å². The van der Waals surface area contributed by atoms with Crippen LogP contribution in [0.25, 0.3) is 0 Å². The molecule has 0 radical (unpaired) electrons. The number of nitrogens with zero attached hydrogens (tertiary/aromatic N) is 2. The SMILES string of the molecule is COc1ccccc1CN(C)C(=O)c1cccc(CN2CCOCC2)c1. The van der Waals surface area contributed by atoms with E-state index in [2.05, 4.69) is 11.0 Å². The Labute approximate surface area is 155 Å². The van der Waals surface area contributed by atoms with Gasteiger partial charge in [-0.05, 0) is 23.8 Å². The highest BCUT2D eigenvalue weighted by molar-refractivity contribution is 5.94. The van der Waals surface area contributed by atoms with Crippen LogP contribution in [0.15, 0.2) is 48.5 Å². The second kappa shape index (κ2) is 8.83. The fraction of sp³-hybridized carbons (Fsp3) is 0.381. The molecule has 5 heteroatoms. The Morgan fingerprint density at radius 2 is 1.92 bits per heavy atom. The third kappa shape index (κ3) is 4.62. The third-order valence-corrected chi connectivity index (χ3v) is 4.63. The zero-order valence-electron chi connectivity index (χ0n) is 15.5. The van der Waals surface area contributed by atoms with Gasteiger partial charge in [-0.25, -0.2) is 0 Å². The van der Waals surface area contributed by atoms with Gasteiger partial charge in [0.2, 0.25) is 0 Å². The first kappa shape index (κ1) is 18.4. The Kier molecular flexibility index (Phi) is 6.26. The van der Waals surface area contributed by atoms with Gasteiger partial charge in [0.15, 0.2) is 0 Å². The summed E-state index contributed by atoms with van der Waals surface area (Å²) in [5.41, 5.74) is 2.87. The lowest BCUT2D eigenvalue weighted by atomic mass is 10.1. The molecule has 0 unspecified atom stereocenters. The molecule has 0 aromatic heterocycles. The van der Waals surface area contributed by atoms with Crippen molar-refractivity contribution in [2.45, 2.75) is 13.1 Å². The van der Waals surface area contributed by atoms with Crippen LogP contribution in [0.5, 0.6) is 5.75 Å². The quantitative estimate of drug-likeness (QED) is 0.800. The van der Waals surface area contributed by atoms with E-state index in [0.29, 0.717) is 12.1 Å². The first-order valence-corrected chi connectivity index (χ1v) is 8.94. The second-order valence-corrected chi connectivity index (χ2v) is 6.56. The van der Waals surface area contributed by atoms with E-state index in [1.165, 1.54) is 0 Å². The van der Waals surface area contributed by atoms with Crippen molar-refractivity contribution in [2.75, 3.05) is 40.5 Å². The summed E-state index contributed by atoms with van der Waals surface area (Å²) in [7, 11) is 3.47. The molecule has 5 nitrogen and oxygen atoms in total. The van der Waals surface area contributed by atoms with Crippen molar-refractivity contribution in [3.8, 4) is 5.75 Å². The molecule has 26 heavy (non-hydrogen) atoms. The van der Waals surface area contributed by atoms with Crippen LogP contribution in [0.2, 0.25) is 0 Å². The van der Waals surface area contributed by atoms with E-state index in [4.69, 9.17) is 9.47 Å². The number of benzene rings is 2. The van der Waals surface area contributed by atoms with Gasteiger partial charge in [-0.2, -0.15) is 0 Å². The maximum absolute atomic E-state index is 12.8. The van der Waals surface area contributed by atoms with Crippen molar-refractivity contribution in [1.82, 2.24) is 9.80 Å². The van der Waals surface area contributed by atoms with Crippen molar-refractivity contribution in [1.29, 1.82) is 0 Å². The van der Waals surface area contributed by atoms with Crippen molar-refractivity contribution >= 4 is 5.91 Å². The van der Waals surface area contributed by atoms with Crippen LogP contribution in [0.1, 0.15) is 21.5 Å². The molecule has 3 rings (SSSR count). The lowest BCUT2D eigenvalue weighted by Crippen LogP contribution is -2.35. The minimum atomic E-state index is 0.0136. The van der Waals surface area contributed by atoms with Gasteiger partial charge >= 0.3 is 0 Å². The summed E-state index contributed by atoms with van der Waals surface area (Å²) in [5.74, 6) is 0.813. The average molecular weight is 354 g/mol. The minimum Gasteiger partial charge on any atom is -0.496 e. The second-order valence-electron chi connectivity index (χ2n) is 6.56. The molecular weight excluding hydrogens is 328 g/mol. The Morgan fingerprint density at radius 1 is 1.15 bits per heavy atom. The number of amides is 1. The maximum Gasteiger partial charge on any atom is 0.253 e. The van der Waals surface area contributed by atoms with Crippen molar-refractivity contribution < 1.29 is 14.3 Å². The van der Waals surface area contributed by atoms with Crippen molar-refractivity contribution in [3.05, 3.63) is 65.2 Å². The molecular formula is C21H26N2O3. The van der Waals surface area contributed by atoms with E-state index in [0.717, 1.165) is 49.7 Å². The molecule has 138 valence electrons. The summed E-state index contributed by atoms with van der Waals surface area (Å²) >= 11 is 0. The van der Waals surface area contributed by atoms with E-state index >= 15 is 0 Å². The highest BCUT2D eigenvalue weighted by Crippen LogP contribution is 2.20. The van der Waals surface area contributed by atoms with Crippen LogP contribution in [0, 0.1) is 0 Å². The topological polar surface area (TPSA) is 42.0 Å². The molecule has 1 amide bonds. The largest absolute Gasteiger partial charge is 0.496 e. The predicted molar refractivity (Wildman–Crippen MR) is 101 cm³/mol. The number of carbonyl (C=O) groups is 1. The lowest BCUT2D eigenvalue weighted by molar-refractivity contribution is 0.0341. The molecule has 0 atom stereocenters. The molecule has 1 heterocycles. The summed E-state index contributed by atoms with van der Waals surface area (Å²) in [5, 5.41) is 0. The molecule has 1 aliphatic rings. The van der Waals surface area contributed by atoms with Crippen LogP contribution in [-0.2, 0) is 17.8 Å². The Bertz CT molecular complexity index is 742. The van der Waals surface area contributed by atoms with Crippen molar-refractivity contribution in [2.24, 2.45) is 0 Å². The summed E-state index contributed by atoms with van der Waals surface area (Å²) in [6.07, 6.45) is 0. The summed E-state index contributed by atoms with van der Waals surface area (Å²) in [6.45, 7) is 4.79. The number of rotatable bonds is 6. The fourth-order valence-corrected chi connectivity index (χ4v) is 3.20. The van der Waals surface area contributed by atoms with Gasteiger partial charge in [-0.1, -0.05) is 30.3 Å². The van der Waals surface area contributed by atoms with Crippen molar-refractivity contribution in [3.63, 3.8) is 0 Å². The van der Waals surface area contributed by atoms with Gasteiger partial charge < -0.3 is 14.4 Å². The van der Waals surface area contributed by atoms with E-state index in [-0.39, 0.29) is 5.91 Å². The number of hydrogen-bond donors (Lipinski definition) is 0. The number of morpholine rings is 1. The number of methoxy groups -OCH3 is 1. The predicted octanol–water partition coefficient (Wildman–Crippen LogP) is 2.80. The first-order valence-electron chi connectivity index (χ1n) is 8.94. The van der Waals surface area contributed by atoms with Gasteiger partial charge in [0.05, 0.1) is 20.3 Å². The summed E-state index contributed by atoms with van der Waals surface area (Å²) < 4.78 is 10.8.